The predicted molar refractivity (Wildman–Crippen MR) is 147 cm³/mol. The van der Waals surface area contributed by atoms with E-state index in [0.717, 1.165) is 48.3 Å². The number of carbonyl (C=O) groups is 1. The van der Waals surface area contributed by atoms with Crippen LogP contribution in [0, 0.1) is 51.8 Å². The van der Waals surface area contributed by atoms with Gasteiger partial charge in [-0.3, -0.25) is 4.79 Å². The van der Waals surface area contributed by atoms with Crippen LogP contribution < -0.4 is 0 Å². The van der Waals surface area contributed by atoms with E-state index in [1.54, 1.807) is 5.57 Å². The number of esters is 1. The number of allylic oxidation sites excluding steroid dienone is 1. The highest BCUT2D eigenvalue weighted by molar-refractivity contribution is 5.70. The Morgan fingerprint density at radius 1 is 1.03 bits per heavy atom. The van der Waals surface area contributed by atoms with E-state index in [4.69, 9.17) is 4.74 Å². The van der Waals surface area contributed by atoms with Gasteiger partial charge in [-0.05, 0) is 96.7 Å². The number of hydrogen-bond donors (Lipinski definition) is 0. The molecule has 200 valence electrons. The van der Waals surface area contributed by atoms with Crippen LogP contribution in [0.5, 0.6) is 0 Å². The molecule has 0 bridgehead atoms. The third-order valence-electron chi connectivity index (χ3n) is 11.2. The quantitative estimate of drug-likeness (QED) is 0.266. The largest absolute Gasteiger partial charge is 0.462 e. The molecule has 3 saturated carbocycles. The van der Waals surface area contributed by atoms with Crippen LogP contribution in [-0.2, 0) is 9.53 Å². The molecule has 0 heterocycles. The topological polar surface area (TPSA) is 26.3 Å². The molecule has 0 spiro atoms. The first-order chi connectivity index (χ1) is 16.3. The first-order valence-corrected chi connectivity index (χ1v) is 15.2. The summed E-state index contributed by atoms with van der Waals surface area (Å²) in [6.45, 7) is 18.9. The minimum absolute atomic E-state index is 0.00258. The molecule has 0 saturated heterocycles. The molecule has 0 N–H and O–H groups in total. The van der Waals surface area contributed by atoms with E-state index in [1.807, 2.05) is 0 Å². The molecule has 3 fully saturated rings. The number of rotatable bonds is 7. The van der Waals surface area contributed by atoms with Crippen molar-refractivity contribution in [2.45, 2.75) is 139 Å². The van der Waals surface area contributed by atoms with Crippen LogP contribution in [0.3, 0.4) is 0 Å². The Kier molecular flexibility index (Phi) is 7.92. The van der Waals surface area contributed by atoms with Crippen molar-refractivity contribution in [1.29, 1.82) is 0 Å². The lowest BCUT2D eigenvalue weighted by Crippen LogP contribution is -2.51. The second kappa shape index (κ2) is 10.2. The second-order valence-corrected chi connectivity index (χ2v) is 15.4. The van der Waals surface area contributed by atoms with E-state index in [0.29, 0.717) is 17.3 Å². The Labute approximate surface area is 217 Å². The fourth-order valence-electron chi connectivity index (χ4n) is 9.41. The molecule has 0 amide bonds. The van der Waals surface area contributed by atoms with Gasteiger partial charge in [0.25, 0.3) is 0 Å². The normalized spacial score (nSPS) is 39.9. The minimum atomic E-state index is -0.00617. The van der Waals surface area contributed by atoms with Crippen LogP contribution in [0.15, 0.2) is 11.6 Å². The van der Waals surface area contributed by atoms with Gasteiger partial charge in [0.2, 0.25) is 0 Å². The van der Waals surface area contributed by atoms with Crippen LogP contribution in [0.4, 0.5) is 0 Å². The summed E-state index contributed by atoms with van der Waals surface area (Å²) >= 11 is 0. The molecule has 0 aromatic heterocycles. The van der Waals surface area contributed by atoms with Gasteiger partial charge in [-0.2, -0.15) is 0 Å². The van der Waals surface area contributed by atoms with E-state index in [-0.39, 0.29) is 17.5 Å². The van der Waals surface area contributed by atoms with Crippen molar-refractivity contribution in [3.05, 3.63) is 11.6 Å². The van der Waals surface area contributed by atoms with Gasteiger partial charge in [0.15, 0.2) is 0 Å². The van der Waals surface area contributed by atoms with Gasteiger partial charge < -0.3 is 4.74 Å². The maximum absolute atomic E-state index is 12.5. The van der Waals surface area contributed by atoms with Gasteiger partial charge in [-0.1, -0.05) is 86.3 Å². The molecule has 8 atom stereocenters. The summed E-state index contributed by atoms with van der Waals surface area (Å²) < 4.78 is 5.99. The van der Waals surface area contributed by atoms with Crippen molar-refractivity contribution >= 4 is 5.97 Å². The van der Waals surface area contributed by atoms with Crippen molar-refractivity contribution in [2.24, 2.45) is 51.8 Å². The lowest BCUT2D eigenvalue weighted by atomic mass is 9.47. The van der Waals surface area contributed by atoms with Crippen LogP contribution in [-0.4, -0.2) is 12.1 Å². The van der Waals surface area contributed by atoms with E-state index in [1.165, 1.54) is 57.8 Å². The second-order valence-electron chi connectivity index (χ2n) is 15.4. The summed E-state index contributed by atoms with van der Waals surface area (Å²) in [6, 6.07) is 0. The molecule has 4 aliphatic carbocycles. The van der Waals surface area contributed by atoms with Crippen LogP contribution in [0.1, 0.15) is 132 Å². The summed E-state index contributed by atoms with van der Waals surface area (Å²) in [5.74, 6) is 5.26. The van der Waals surface area contributed by atoms with Crippen molar-refractivity contribution in [3.8, 4) is 0 Å². The highest BCUT2D eigenvalue weighted by Gasteiger charge is 2.59. The van der Waals surface area contributed by atoms with Gasteiger partial charge in [-0.15, -0.1) is 0 Å². The van der Waals surface area contributed by atoms with E-state index in [2.05, 4.69) is 61.5 Å². The zero-order chi connectivity index (χ0) is 25.6. The Hall–Kier alpha value is -0.790. The first-order valence-electron chi connectivity index (χ1n) is 15.2. The van der Waals surface area contributed by atoms with Gasteiger partial charge >= 0.3 is 5.97 Å². The fraction of sp³-hybridized carbons (Fsp3) is 0.909. The average Bonchev–Trinajstić information content (AvgIpc) is 3.09. The molecule has 35 heavy (non-hydrogen) atoms. The zero-order valence-corrected chi connectivity index (χ0v) is 24.4. The van der Waals surface area contributed by atoms with Crippen molar-refractivity contribution in [3.63, 3.8) is 0 Å². The lowest BCUT2D eigenvalue weighted by Gasteiger charge is -2.58. The fourth-order valence-corrected chi connectivity index (χ4v) is 9.41. The number of carbonyl (C=O) groups excluding carboxylic acids is 1. The SMILES string of the molecule is CC(C)CCC[C@@H](C)C1CC[C@H]2C3CC=C4CC(OC(=O)CC(C)(C)C)CC[C@]4(C)[C@H]3CC[C@]12C. The number of hydrogen-bond acceptors (Lipinski definition) is 2. The summed E-state index contributed by atoms with van der Waals surface area (Å²) in [6.07, 6.45) is 17.7. The molecule has 3 unspecified atom stereocenters. The lowest BCUT2D eigenvalue weighted by molar-refractivity contribution is -0.153. The van der Waals surface area contributed by atoms with E-state index < -0.39 is 0 Å². The smallest absolute Gasteiger partial charge is 0.306 e. The molecular weight excluding hydrogens is 428 g/mol. The molecule has 0 aromatic carbocycles. The monoisotopic (exact) mass is 484 g/mol. The molecule has 2 heteroatoms. The third kappa shape index (κ3) is 5.57. The molecule has 0 aromatic rings. The third-order valence-corrected chi connectivity index (χ3v) is 11.2. The standard InChI is InChI=1S/C33H56O2/c1-22(2)10-9-11-23(3)27-14-15-28-26-13-12-24-20-25(35-30(34)21-31(4,5)6)16-18-32(24,7)29(26)17-19-33(27,28)8/h12,22-23,25-29H,9-11,13-21H2,1-8H3/t23-,25?,26?,27?,28+,29+,32+,33-/m1/s1. The van der Waals surface area contributed by atoms with Gasteiger partial charge in [0.1, 0.15) is 6.10 Å². The Balaban J connectivity index is 1.42. The molecule has 4 rings (SSSR count). The van der Waals surface area contributed by atoms with Crippen molar-refractivity contribution in [1.82, 2.24) is 0 Å². The summed E-state index contributed by atoms with van der Waals surface area (Å²) in [4.78, 5) is 12.5. The first kappa shape index (κ1) is 27.3. The zero-order valence-electron chi connectivity index (χ0n) is 24.4. The van der Waals surface area contributed by atoms with Gasteiger partial charge in [-0.25, -0.2) is 0 Å². The summed E-state index contributed by atoms with van der Waals surface area (Å²) in [5.41, 5.74) is 2.51. The van der Waals surface area contributed by atoms with Crippen molar-refractivity contribution < 1.29 is 9.53 Å². The molecule has 4 aliphatic rings. The molecular formula is C33H56O2. The predicted octanol–water partition coefficient (Wildman–Crippen LogP) is 9.38. The van der Waals surface area contributed by atoms with E-state index in [9.17, 15) is 4.79 Å². The summed E-state index contributed by atoms with van der Waals surface area (Å²) in [7, 11) is 0. The Morgan fingerprint density at radius 2 is 1.77 bits per heavy atom. The number of ether oxygens (including phenoxy) is 1. The van der Waals surface area contributed by atoms with Gasteiger partial charge in [0.05, 0.1) is 6.42 Å². The van der Waals surface area contributed by atoms with E-state index >= 15 is 0 Å². The Bertz CT molecular complexity index is 787. The highest BCUT2D eigenvalue weighted by atomic mass is 16.5. The molecule has 0 radical (unpaired) electrons. The molecule has 2 nitrogen and oxygen atoms in total. The van der Waals surface area contributed by atoms with Gasteiger partial charge in [0, 0.05) is 6.42 Å². The van der Waals surface area contributed by atoms with Crippen LogP contribution >= 0.6 is 0 Å². The van der Waals surface area contributed by atoms with Crippen LogP contribution in [0.25, 0.3) is 0 Å². The highest BCUT2D eigenvalue weighted by Crippen LogP contribution is 2.67. The average molecular weight is 485 g/mol. The minimum Gasteiger partial charge on any atom is -0.462 e. The maximum atomic E-state index is 12.5. The number of fused-ring (bicyclic) bond motifs is 5. The Morgan fingerprint density at radius 3 is 2.46 bits per heavy atom. The van der Waals surface area contributed by atoms with Crippen LogP contribution in [0.2, 0.25) is 0 Å². The van der Waals surface area contributed by atoms with Crippen molar-refractivity contribution in [2.75, 3.05) is 0 Å². The summed E-state index contributed by atoms with van der Waals surface area (Å²) in [5, 5.41) is 0. The molecule has 0 aliphatic heterocycles. The maximum Gasteiger partial charge on any atom is 0.306 e.